The SMILES string of the molecule is Cc1ccc(CC(N)C(N)=O)cc1.N=CN. The molecule has 16 heavy (non-hydrogen) atoms. The summed E-state index contributed by atoms with van der Waals surface area (Å²) in [6.07, 6.45) is 1.26. The van der Waals surface area contributed by atoms with Crippen LogP contribution in [-0.4, -0.2) is 18.3 Å². The largest absolute Gasteiger partial charge is 0.390 e. The zero-order chi connectivity index (χ0) is 12.6. The van der Waals surface area contributed by atoms with Crippen LogP contribution >= 0.6 is 0 Å². The van der Waals surface area contributed by atoms with Crippen molar-refractivity contribution in [2.24, 2.45) is 17.2 Å². The lowest BCUT2D eigenvalue weighted by Gasteiger charge is -2.06. The lowest BCUT2D eigenvalue weighted by molar-refractivity contribution is -0.119. The molecular weight excluding hydrogens is 204 g/mol. The number of nitrogens with one attached hydrogen (secondary N) is 1. The van der Waals surface area contributed by atoms with E-state index in [1.807, 2.05) is 31.2 Å². The van der Waals surface area contributed by atoms with E-state index in [-0.39, 0.29) is 0 Å². The number of hydrogen-bond donors (Lipinski definition) is 4. The molecule has 0 saturated heterocycles. The van der Waals surface area contributed by atoms with Crippen LogP contribution in [0.1, 0.15) is 11.1 Å². The molecule has 1 amide bonds. The predicted molar refractivity (Wildman–Crippen MR) is 65.0 cm³/mol. The number of nitrogens with two attached hydrogens (primary N) is 3. The fourth-order valence-corrected chi connectivity index (χ4v) is 1.08. The quantitative estimate of drug-likeness (QED) is 0.422. The highest BCUT2D eigenvalue weighted by molar-refractivity contribution is 5.79. The van der Waals surface area contributed by atoms with Crippen molar-refractivity contribution in [3.05, 3.63) is 35.4 Å². The minimum absolute atomic E-state index is 0.458. The Labute approximate surface area is 95.1 Å². The van der Waals surface area contributed by atoms with Gasteiger partial charge in [0.15, 0.2) is 0 Å². The summed E-state index contributed by atoms with van der Waals surface area (Å²) in [5.41, 5.74) is 17.2. The molecule has 0 radical (unpaired) electrons. The van der Waals surface area contributed by atoms with E-state index in [9.17, 15) is 4.79 Å². The first-order chi connectivity index (χ1) is 7.51. The lowest BCUT2D eigenvalue weighted by Crippen LogP contribution is -2.38. The number of carbonyl (C=O) groups is 1. The maximum atomic E-state index is 10.7. The van der Waals surface area contributed by atoms with Crippen molar-refractivity contribution in [2.45, 2.75) is 19.4 Å². The molecule has 5 heteroatoms. The number of hydrogen-bond acceptors (Lipinski definition) is 3. The maximum absolute atomic E-state index is 10.7. The van der Waals surface area contributed by atoms with E-state index >= 15 is 0 Å². The molecule has 0 saturated carbocycles. The Bertz CT molecular complexity index is 334. The van der Waals surface area contributed by atoms with Crippen molar-refractivity contribution in [2.75, 3.05) is 0 Å². The van der Waals surface area contributed by atoms with E-state index in [1.165, 1.54) is 5.56 Å². The Morgan fingerprint density at radius 2 is 1.88 bits per heavy atom. The van der Waals surface area contributed by atoms with E-state index in [0.717, 1.165) is 11.9 Å². The van der Waals surface area contributed by atoms with E-state index in [1.54, 1.807) is 0 Å². The molecular formula is C11H18N4O. The Morgan fingerprint density at radius 3 is 2.25 bits per heavy atom. The van der Waals surface area contributed by atoms with Crippen molar-refractivity contribution in [3.8, 4) is 0 Å². The van der Waals surface area contributed by atoms with E-state index < -0.39 is 11.9 Å². The van der Waals surface area contributed by atoms with Crippen LogP contribution in [0.3, 0.4) is 0 Å². The average molecular weight is 222 g/mol. The number of aryl methyl sites for hydroxylation is 1. The van der Waals surface area contributed by atoms with Crippen LogP contribution in [0.15, 0.2) is 24.3 Å². The highest BCUT2D eigenvalue weighted by Crippen LogP contribution is 2.04. The first-order valence-corrected chi connectivity index (χ1v) is 4.82. The summed E-state index contributed by atoms with van der Waals surface area (Å²) in [5, 5.41) is 5.86. The van der Waals surface area contributed by atoms with Crippen molar-refractivity contribution in [1.82, 2.24) is 0 Å². The summed E-state index contributed by atoms with van der Waals surface area (Å²) in [4.78, 5) is 10.7. The normalized spacial score (nSPS) is 10.9. The van der Waals surface area contributed by atoms with Gasteiger partial charge >= 0.3 is 0 Å². The third-order valence-electron chi connectivity index (χ3n) is 1.94. The molecule has 0 bridgehead atoms. The van der Waals surface area contributed by atoms with E-state index in [2.05, 4.69) is 5.73 Å². The zero-order valence-electron chi connectivity index (χ0n) is 9.31. The van der Waals surface area contributed by atoms with Crippen LogP contribution in [0.2, 0.25) is 0 Å². The molecule has 1 aromatic rings. The van der Waals surface area contributed by atoms with Crippen molar-refractivity contribution in [3.63, 3.8) is 0 Å². The molecule has 0 aromatic heterocycles. The van der Waals surface area contributed by atoms with Crippen molar-refractivity contribution >= 4 is 12.2 Å². The molecule has 88 valence electrons. The van der Waals surface area contributed by atoms with Gasteiger partial charge in [0.1, 0.15) is 0 Å². The molecule has 0 spiro atoms. The molecule has 0 heterocycles. The average Bonchev–Trinajstić information content (AvgIpc) is 2.22. The molecule has 0 aliphatic rings. The topological polar surface area (TPSA) is 119 Å². The van der Waals surface area contributed by atoms with Crippen LogP contribution in [0, 0.1) is 12.3 Å². The van der Waals surface area contributed by atoms with Crippen LogP contribution in [0.25, 0.3) is 0 Å². The number of carbonyl (C=O) groups excluding carboxylic acids is 1. The molecule has 5 nitrogen and oxygen atoms in total. The molecule has 1 unspecified atom stereocenters. The molecule has 1 aromatic carbocycles. The first kappa shape index (κ1) is 14.1. The van der Waals surface area contributed by atoms with Crippen LogP contribution in [0.5, 0.6) is 0 Å². The Balaban J connectivity index is 0.000000673. The molecule has 1 atom stereocenters. The fraction of sp³-hybridized carbons (Fsp3) is 0.273. The summed E-state index contributed by atoms with van der Waals surface area (Å²) in [6, 6.07) is 7.31. The molecule has 1 rings (SSSR count). The third-order valence-corrected chi connectivity index (χ3v) is 1.94. The third kappa shape index (κ3) is 5.77. The van der Waals surface area contributed by atoms with Gasteiger partial charge in [0, 0.05) is 0 Å². The van der Waals surface area contributed by atoms with Gasteiger partial charge in [-0.1, -0.05) is 29.8 Å². The second kappa shape index (κ2) is 7.42. The van der Waals surface area contributed by atoms with Gasteiger partial charge in [-0.2, -0.15) is 0 Å². The van der Waals surface area contributed by atoms with Gasteiger partial charge < -0.3 is 17.2 Å². The van der Waals surface area contributed by atoms with Crippen LogP contribution < -0.4 is 17.2 Å². The summed E-state index contributed by atoms with van der Waals surface area (Å²) >= 11 is 0. The van der Waals surface area contributed by atoms with Gasteiger partial charge in [0.05, 0.1) is 12.4 Å². The fourth-order valence-electron chi connectivity index (χ4n) is 1.08. The Hall–Kier alpha value is -1.88. The second-order valence-electron chi connectivity index (χ2n) is 3.37. The highest BCUT2D eigenvalue weighted by atomic mass is 16.1. The van der Waals surface area contributed by atoms with E-state index in [0.29, 0.717) is 6.42 Å². The van der Waals surface area contributed by atoms with Gasteiger partial charge in [0.25, 0.3) is 0 Å². The summed E-state index contributed by atoms with van der Waals surface area (Å²) in [6.45, 7) is 2.01. The Kier molecular flexibility index (Phi) is 6.55. The second-order valence-corrected chi connectivity index (χ2v) is 3.37. The summed E-state index contributed by atoms with van der Waals surface area (Å²) in [7, 11) is 0. The minimum atomic E-state index is -0.581. The molecule has 7 N–H and O–H groups in total. The standard InChI is InChI=1S/C10H14N2O.CH4N2/c1-7-2-4-8(5-3-7)6-9(11)10(12)13;2-1-3/h2-5,9H,6,11H2,1H3,(H2,12,13);1H,(H3,2,3). The molecule has 0 aliphatic carbocycles. The number of rotatable bonds is 3. The Morgan fingerprint density at radius 1 is 1.44 bits per heavy atom. The van der Waals surface area contributed by atoms with E-state index in [4.69, 9.17) is 16.9 Å². The van der Waals surface area contributed by atoms with Gasteiger partial charge in [-0.05, 0) is 18.9 Å². The molecule has 0 aliphatic heterocycles. The van der Waals surface area contributed by atoms with Crippen LogP contribution in [-0.2, 0) is 11.2 Å². The van der Waals surface area contributed by atoms with Gasteiger partial charge in [-0.25, -0.2) is 0 Å². The smallest absolute Gasteiger partial charge is 0.234 e. The van der Waals surface area contributed by atoms with Gasteiger partial charge in [-0.15, -0.1) is 0 Å². The summed E-state index contributed by atoms with van der Waals surface area (Å²) in [5.74, 6) is -0.458. The number of amides is 1. The lowest BCUT2D eigenvalue weighted by atomic mass is 10.1. The van der Waals surface area contributed by atoms with Gasteiger partial charge in [-0.3, -0.25) is 10.2 Å². The van der Waals surface area contributed by atoms with Crippen LogP contribution in [0.4, 0.5) is 0 Å². The predicted octanol–water partition coefficient (Wildman–Crippen LogP) is -0.0977. The molecule has 0 fully saturated rings. The number of primary amides is 1. The maximum Gasteiger partial charge on any atom is 0.234 e. The summed E-state index contributed by atoms with van der Waals surface area (Å²) < 4.78 is 0. The number of benzene rings is 1. The van der Waals surface area contributed by atoms with Gasteiger partial charge in [0.2, 0.25) is 5.91 Å². The highest BCUT2D eigenvalue weighted by Gasteiger charge is 2.09. The zero-order valence-corrected chi connectivity index (χ0v) is 9.31. The van der Waals surface area contributed by atoms with Crippen molar-refractivity contribution in [1.29, 1.82) is 5.41 Å². The van der Waals surface area contributed by atoms with Crippen molar-refractivity contribution < 1.29 is 4.79 Å². The monoisotopic (exact) mass is 222 g/mol. The minimum Gasteiger partial charge on any atom is -0.390 e. The first-order valence-electron chi connectivity index (χ1n) is 4.82.